The molecule has 1 amide bonds. The van der Waals surface area contributed by atoms with Crippen LogP contribution in [0.15, 0.2) is 42.7 Å². The van der Waals surface area contributed by atoms with Crippen LogP contribution >= 0.6 is 0 Å². The summed E-state index contributed by atoms with van der Waals surface area (Å²) in [6, 6.07) is 9.71. The van der Waals surface area contributed by atoms with Crippen LogP contribution in [0.25, 0.3) is 0 Å². The second kappa shape index (κ2) is 6.69. The van der Waals surface area contributed by atoms with Crippen molar-refractivity contribution in [2.75, 3.05) is 10.6 Å². The van der Waals surface area contributed by atoms with Gasteiger partial charge in [0.15, 0.2) is 0 Å². The Hall–Kier alpha value is -2.56. The molecule has 1 aliphatic rings. The number of amides is 1. The minimum Gasteiger partial charge on any atom is -0.491 e. The zero-order valence-electron chi connectivity index (χ0n) is 13.4. The maximum Gasteiger partial charge on any atom is 0.257 e. The molecule has 5 nitrogen and oxygen atoms in total. The van der Waals surface area contributed by atoms with Gasteiger partial charge in [0, 0.05) is 24.1 Å². The second-order valence-corrected chi connectivity index (χ2v) is 6.03. The van der Waals surface area contributed by atoms with Gasteiger partial charge in [-0.05, 0) is 57.0 Å². The summed E-state index contributed by atoms with van der Waals surface area (Å²) in [5, 5.41) is 6.21. The van der Waals surface area contributed by atoms with Gasteiger partial charge in [0.05, 0.1) is 17.4 Å². The Morgan fingerprint density at radius 2 is 1.91 bits per heavy atom. The first-order chi connectivity index (χ1) is 11.1. The summed E-state index contributed by atoms with van der Waals surface area (Å²) in [5.74, 6) is 0.616. The van der Waals surface area contributed by atoms with E-state index in [-0.39, 0.29) is 12.0 Å². The van der Waals surface area contributed by atoms with Crippen LogP contribution in [0.3, 0.4) is 0 Å². The fraction of sp³-hybridized carbons (Fsp3) is 0.333. The van der Waals surface area contributed by atoms with E-state index in [2.05, 4.69) is 15.6 Å². The van der Waals surface area contributed by atoms with E-state index in [1.807, 2.05) is 44.2 Å². The molecule has 0 unspecified atom stereocenters. The highest BCUT2D eigenvalue weighted by molar-refractivity contribution is 6.04. The topological polar surface area (TPSA) is 63.2 Å². The van der Waals surface area contributed by atoms with Crippen molar-refractivity contribution in [3.05, 3.63) is 48.3 Å². The Balaban J connectivity index is 1.63. The number of pyridine rings is 1. The van der Waals surface area contributed by atoms with Gasteiger partial charge < -0.3 is 15.4 Å². The monoisotopic (exact) mass is 311 g/mol. The van der Waals surface area contributed by atoms with Crippen molar-refractivity contribution >= 4 is 17.3 Å². The number of hydrogen-bond donors (Lipinski definition) is 2. The molecule has 0 atom stereocenters. The summed E-state index contributed by atoms with van der Waals surface area (Å²) < 4.78 is 5.59. The molecule has 23 heavy (non-hydrogen) atoms. The van der Waals surface area contributed by atoms with Gasteiger partial charge >= 0.3 is 0 Å². The van der Waals surface area contributed by atoms with Gasteiger partial charge in [-0.25, -0.2) is 0 Å². The van der Waals surface area contributed by atoms with E-state index in [4.69, 9.17) is 4.74 Å². The Bertz CT molecular complexity index is 679. The lowest BCUT2D eigenvalue weighted by molar-refractivity contribution is 0.102. The average molecular weight is 311 g/mol. The molecule has 1 heterocycles. The average Bonchev–Trinajstić information content (AvgIpc) is 3.33. The van der Waals surface area contributed by atoms with Crippen LogP contribution in [0.4, 0.5) is 11.4 Å². The zero-order valence-corrected chi connectivity index (χ0v) is 13.4. The first-order valence-electron chi connectivity index (χ1n) is 7.90. The van der Waals surface area contributed by atoms with Gasteiger partial charge in [0.25, 0.3) is 5.91 Å². The van der Waals surface area contributed by atoms with E-state index < -0.39 is 0 Å². The number of benzene rings is 1. The summed E-state index contributed by atoms with van der Waals surface area (Å²) in [7, 11) is 0. The molecule has 2 N–H and O–H groups in total. The van der Waals surface area contributed by atoms with Gasteiger partial charge in [-0.1, -0.05) is 0 Å². The van der Waals surface area contributed by atoms with Crippen LogP contribution < -0.4 is 15.4 Å². The maximum atomic E-state index is 12.3. The third-order valence-electron chi connectivity index (χ3n) is 3.43. The summed E-state index contributed by atoms with van der Waals surface area (Å²) in [4.78, 5) is 16.5. The molecular weight excluding hydrogens is 290 g/mol. The second-order valence-electron chi connectivity index (χ2n) is 6.03. The third-order valence-corrected chi connectivity index (χ3v) is 3.43. The standard InChI is InChI=1S/C18H21N3O2/c1-12(2)23-17-7-5-15(6-8-17)21-18(22)13-9-16(11-19-10-13)20-14-3-4-14/h5-12,14,20H,3-4H2,1-2H3,(H,21,22). The quantitative estimate of drug-likeness (QED) is 0.854. The van der Waals surface area contributed by atoms with Gasteiger partial charge in [-0.3, -0.25) is 9.78 Å². The first kappa shape index (κ1) is 15.3. The Morgan fingerprint density at radius 1 is 1.17 bits per heavy atom. The molecule has 2 aromatic rings. The summed E-state index contributed by atoms with van der Waals surface area (Å²) in [5.41, 5.74) is 2.16. The Labute approximate surface area is 136 Å². The largest absolute Gasteiger partial charge is 0.491 e. The molecule has 1 aliphatic carbocycles. The van der Waals surface area contributed by atoms with Crippen LogP contribution in [0, 0.1) is 0 Å². The van der Waals surface area contributed by atoms with Crippen LogP contribution in [-0.2, 0) is 0 Å². The molecular formula is C18H21N3O2. The van der Waals surface area contributed by atoms with E-state index in [0.717, 1.165) is 17.1 Å². The Morgan fingerprint density at radius 3 is 2.57 bits per heavy atom. The molecule has 1 fully saturated rings. The van der Waals surface area contributed by atoms with Crippen molar-refractivity contribution in [2.24, 2.45) is 0 Å². The fourth-order valence-electron chi connectivity index (χ4n) is 2.20. The predicted octanol–water partition coefficient (Wildman–Crippen LogP) is 3.70. The van der Waals surface area contributed by atoms with Crippen molar-refractivity contribution < 1.29 is 9.53 Å². The molecule has 0 bridgehead atoms. The lowest BCUT2D eigenvalue weighted by atomic mass is 10.2. The number of aromatic nitrogens is 1. The smallest absolute Gasteiger partial charge is 0.257 e. The number of nitrogens with zero attached hydrogens (tertiary/aromatic N) is 1. The van der Waals surface area contributed by atoms with Gasteiger partial charge in [-0.15, -0.1) is 0 Å². The number of ether oxygens (including phenoxy) is 1. The van der Waals surface area contributed by atoms with Crippen LogP contribution in [-0.4, -0.2) is 23.0 Å². The molecule has 5 heteroatoms. The number of carbonyl (C=O) groups is 1. The van der Waals surface area contributed by atoms with Crippen molar-refractivity contribution in [2.45, 2.75) is 38.8 Å². The first-order valence-corrected chi connectivity index (χ1v) is 7.90. The van der Waals surface area contributed by atoms with Crippen LogP contribution in [0.2, 0.25) is 0 Å². The minimum atomic E-state index is -0.172. The number of hydrogen-bond acceptors (Lipinski definition) is 4. The van der Waals surface area contributed by atoms with Crippen LogP contribution in [0.1, 0.15) is 37.0 Å². The van der Waals surface area contributed by atoms with Crippen molar-refractivity contribution in [3.8, 4) is 5.75 Å². The van der Waals surface area contributed by atoms with Crippen molar-refractivity contribution in [3.63, 3.8) is 0 Å². The summed E-state index contributed by atoms with van der Waals surface area (Å²) >= 11 is 0. The predicted molar refractivity (Wildman–Crippen MR) is 91.0 cm³/mol. The van der Waals surface area contributed by atoms with E-state index in [1.54, 1.807) is 12.4 Å². The minimum absolute atomic E-state index is 0.128. The van der Waals surface area contributed by atoms with E-state index in [0.29, 0.717) is 11.6 Å². The summed E-state index contributed by atoms with van der Waals surface area (Å²) in [6.07, 6.45) is 5.81. The lowest BCUT2D eigenvalue weighted by Gasteiger charge is -2.11. The SMILES string of the molecule is CC(C)Oc1ccc(NC(=O)c2cncc(NC3CC3)c2)cc1. The molecule has 0 spiro atoms. The molecule has 120 valence electrons. The molecule has 3 rings (SSSR count). The van der Waals surface area contributed by atoms with Gasteiger partial charge in [0.2, 0.25) is 0 Å². The normalized spacial score (nSPS) is 13.7. The maximum absolute atomic E-state index is 12.3. The molecule has 0 aliphatic heterocycles. The molecule has 1 aromatic heterocycles. The summed E-state index contributed by atoms with van der Waals surface area (Å²) in [6.45, 7) is 3.96. The molecule has 0 saturated heterocycles. The highest BCUT2D eigenvalue weighted by Crippen LogP contribution is 2.24. The molecule has 1 saturated carbocycles. The molecule has 0 radical (unpaired) electrons. The third kappa shape index (κ3) is 4.45. The zero-order chi connectivity index (χ0) is 16.2. The van der Waals surface area contributed by atoms with E-state index in [9.17, 15) is 4.79 Å². The van der Waals surface area contributed by atoms with Gasteiger partial charge in [0.1, 0.15) is 5.75 Å². The fourth-order valence-corrected chi connectivity index (χ4v) is 2.20. The number of anilines is 2. The highest BCUT2D eigenvalue weighted by Gasteiger charge is 2.21. The van der Waals surface area contributed by atoms with Crippen molar-refractivity contribution in [1.29, 1.82) is 0 Å². The lowest BCUT2D eigenvalue weighted by Crippen LogP contribution is -2.13. The number of nitrogens with one attached hydrogen (secondary N) is 2. The number of rotatable bonds is 6. The van der Waals surface area contributed by atoms with E-state index >= 15 is 0 Å². The number of carbonyl (C=O) groups excluding carboxylic acids is 1. The van der Waals surface area contributed by atoms with Crippen LogP contribution in [0.5, 0.6) is 5.75 Å². The van der Waals surface area contributed by atoms with Crippen molar-refractivity contribution in [1.82, 2.24) is 4.98 Å². The Kier molecular flexibility index (Phi) is 4.46. The molecule has 1 aromatic carbocycles. The van der Waals surface area contributed by atoms with Gasteiger partial charge in [-0.2, -0.15) is 0 Å². The highest BCUT2D eigenvalue weighted by atomic mass is 16.5. The van der Waals surface area contributed by atoms with E-state index in [1.165, 1.54) is 12.8 Å².